The molecule has 3 heteroatoms. The fourth-order valence-corrected chi connectivity index (χ4v) is 1.49. The van der Waals surface area contributed by atoms with Crippen LogP contribution in [0.3, 0.4) is 0 Å². The SMILES string of the molecule is C=C(N)C1=CC=C(SC#N)CC1. The largest absolute Gasteiger partial charge is 0.399 e. The maximum atomic E-state index is 8.40. The lowest BCUT2D eigenvalue weighted by Gasteiger charge is -2.11. The first kappa shape index (κ1) is 8.95. The molecule has 1 rings (SSSR count). The topological polar surface area (TPSA) is 49.8 Å². The van der Waals surface area contributed by atoms with Gasteiger partial charge in [-0.2, -0.15) is 5.26 Å². The molecule has 2 nitrogen and oxygen atoms in total. The maximum absolute atomic E-state index is 8.40. The Labute approximate surface area is 76.4 Å². The summed E-state index contributed by atoms with van der Waals surface area (Å²) in [6, 6.07) is 0. The van der Waals surface area contributed by atoms with Gasteiger partial charge >= 0.3 is 0 Å². The van der Waals surface area contributed by atoms with Crippen molar-refractivity contribution in [1.29, 1.82) is 5.26 Å². The van der Waals surface area contributed by atoms with Crippen molar-refractivity contribution in [1.82, 2.24) is 0 Å². The van der Waals surface area contributed by atoms with E-state index in [0.29, 0.717) is 5.70 Å². The van der Waals surface area contributed by atoms with Gasteiger partial charge in [0.15, 0.2) is 0 Å². The summed E-state index contributed by atoms with van der Waals surface area (Å²) in [5.74, 6) is 0. The molecule has 0 unspecified atom stereocenters. The molecule has 1 aliphatic rings. The van der Waals surface area contributed by atoms with Crippen LogP contribution in [0, 0.1) is 10.7 Å². The molecule has 62 valence electrons. The molecule has 2 N–H and O–H groups in total. The molecule has 0 bridgehead atoms. The van der Waals surface area contributed by atoms with Gasteiger partial charge in [-0.15, -0.1) is 0 Å². The Kier molecular flexibility index (Phi) is 3.01. The fourth-order valence-electron chi connectivity index (χ4n) is 1.03. The molecule has 1 aliphatic carbocycles. The van der Waals surface area contributed by atoms with Gasteiger partial charge in [0.1, 0.15) is 5.40 Å². The van der Waals surface area contributed by atoms with E-state index >= 15 is 0 Å². The smallest absolute Gasteiger partial charge is 0.138 e. The van der Waals surface area contributed by atoms with Crippen LogP contribution in [0.1, 0.15) is 12.8 Å². The van der Waals surface area contributed by atoms with E-state index in [4.69, 9.17) is 11.0 Å². The first-order valence-electron chi connectivity index (χ1n) is 3.64. The number of thioether (sulfide) groups is 1. The minimum absolute atomic E-state index is 0.632. The minimum atomic E-state index is 0.632. The quantitative estimate of drug-likeness (QED) is 0.660. The molecule has 0 atom stereocenters. The first-order chi connectivity index (χ1) is 5.74. The second-order valence-electron chi connectivity index (χ2n) is 2.54. The van der Waals surface area contributed by atoms with E-state index in [2.05, 4.69) is 6.58 Å². The lowest BCUT2D eigenvalue weighted by atomic mass is 10.0. The Hall–Kier alpha value is -1.14. The zero-order valence-electron chi connectivity index (χ0n) is 6.71. The third-order valence-electron chi connectivity index (χ3n) is 1.70. The molecular weight excluding hydrogens is 168 g/mol. The molecule has 0 aliphatic heterocycles. The average Bonchev–Trinajstić information content (AvgIpc) is 2.06. The van der Waals surface area contributed by atoms with Gasteiger partial charge in [-0.25, -0.2) is 0 Å². The molecule has 12 heavy (non-hydrogen) atoms. The lowest BCUT2D eigenvalue weighted by Crippen LogP contribution is -2.01. The second-order valence-corrected chi connectivity index (χ2v) is 3.45. The normalized spacial score (nSPS) is 15.9. The molecule has 0 fully saturated rings. The number of nitrogens with zero attached hydrogens (tertiary/aromatic N) is 1. The van der Waals surface area contributed by atoms with Crippen LogP contribution in [0.4, 0.5) is 0 Å². The summed E-state index contributed by atoms with van der Waals surface area (Å²) in [5, 5.41) is 10.4. The van der Waals surface area contributed by atoms with E-state index in [1.807, 2.05) is 17.6 Å². The van der Waals surface area contributed by atoms with Crippen LogP contribution in [0.2, 0.25) is 0 Å². The molecule has 0 amide bonds. The second kappa shape index (κ2) is 4.03. The highest BCUT2D eigenvalue weighted by molar-refractivity contribution is 8.07. The molecule has 0 saturated carbocycles. The highest BCUT2D eigenvalue weighted by Gasteiger charge is 2.06. The van der Waals surface area contributed by atoms with Crippen LogP contribution in [0.15, 0.2) is 34.9 Å². The predicted octanol–water partition coefficient (Wildman–Crippen LogP) is 2.28. The van der Waals surface area contributed by atoms with Gasteiger partial charge in [0, 0.05) is 10.6 Å². The summed E-state index contributed by atoms with van der Waals surface area (Å²) < 4.78 is 0. The van der Waals surface area contributed by atoms with E-state index in [9.17, 15) is 0 Å². The molecule has 0 aromatic heterocycles. The first-order valence-corrected chi connectivity index (χ1v) is 4.46. The van der Waals surface area contributed by atoms with Crippen molar-refractivity contribution in [3.8, 4) is 5.40 Å². The lowest BCUT2D eigenvalue weighted by molar-refractivity contribution is 0.953. The van der Waals surface area contributed by atoms with Gasteiger partial charge in [0.2, 0.25) is 0 Å². The number of nitrogens with two attached hydrogens (primary N) is 1. The van der Waals surface area contributed by atoms with Crippen LogP contribution in [0.5, 0.6) is 0 Å². The monoisotopic (exact) mass is 178 g/mol. The third kappa shape index (κ3) is 2.18. The van der Waals surface area contributed by atoms with Gasteiger partial charge in [0.05, 0.1) is 0 Å². The number of thiocyanates is 1. The summed E-state index contributed by atoms with van der Waals surface area (Å²) in [6.07, 6.45) is 5.67. The van der Waals surface area contributed by atoms with E-state index in [1.165, 1.54) is 11.8 Å². The maximum Gasteiger partial charge on any atom is 0.138 e. The summed E-state index contributed by atoms with van der Waals surface area (Å²) in [4.78, 5) is 1.10. The van der Waals surface area contributed by atoms with Crippen molar-refractivity contribution < 1.29 is 0 Å². The number of hydrogen-bond donors (Lipinski definition) is 1. The number of hydrogen-bond acceptors (Lipinski definition) is 3. The fraction of sp³-hybridized carbons (Fsp3) is 0.222. The third-order valence-corrected chi connectivity index (χ3v) is 2.39. The van der Waals surface area contributed by atoms with Crippen LogP contribution in [0.25, 0.3) is 0 Å². The van der Waals surface area contributed by atoms with E-state index < -0.39 is 0 Å². The van der Waals surface area contributed by atoms with Crippen LogP contribution < -0.4 is 5.73 Å². The van der Waals surface area contributed by atoms with Gasteiger partial charge in [-0.1, -0.05) is 18.7 Å². The summed E-state index contributed by atoms with van der Waals surface area (Å²) >= 11 is 1.22. The molecule has 0 saturated heterocycles. The Morgan fingerprint density at radius 2 is 2.33 bits per heavy atom. The Morgan fingerprint density at radius 3 is 2.75 bits per heavy atom. The Morgan fingerprint density at radius 1 is 1.58 bits per heavy atom. The van der Waals surface area contributed by atoms with Gasteiger partial charge in [-0.05, 0) is 30.2 Å². The number of rotatable bonds is 2. The van der Waals surface area contributed by atoms with E-state index in [1.54, 1.807) is 0 Å². The zero-order valence-corrected chi connectivity index (χ0v) is 7.53. The minimum Gasteiger partial charge on any atom is -0.399 e. The Bertz CT molecular complexity index is 294. The molecule has 0 aromatic rings. The van der Waals surface area contributed by atoms with Crippen molar-refractivity contribution in [2.75, 3.05) is 0 Å². The van der Waals surface area contributed by atoms with Gasteiger partial charge < -0.3 is 5.73 Å². The molecular formula is C9H10N2S. The van der Waals surface area contributed by atoms with Crippen LogP contribution in [-0.2, 0) is 0 Å². The molecule has 0 heterocycles. The van der Waals surface area contributed by atoms with E-state index in [-0.39, 0.29) is 0 Å². The van der Waals surface area contributed by atoms with E-state index in [0.717, 1.165) is 23.3 Å². The molecule has 0 aromatic carbocycles. The van der Waals surface area contributed by atoms with Crippen molar-refractivity contribution >= 4 is 11.8 Å². The summed E-state index contributed by atoms with van der Waals surface area (Å²) in [5.41, 5.74) is 7.24. The standard InChI is InChI=1S/C9H10N2S/c1-7(11)8-2-4-9(5-3-8)12-6-10/h2,4H,1,3,5,11H2. The number of nitriles is 1. The van der Waals surface area contributed by atoms with Gasteiger partial charge in [-0.3, -0.25) is 0 Å². The highest BCUT2D eigenvalue weighted by atomic mass is 32.2. The van der Waals surface area contributed by atoms with Crippen molar-refractivity contribution in [3.63, 3.8) is 0 Å². The van der Waals surface area contributed by atoms with Crippen molar-refractivity contribution in [3.05, 3.63) is 34.9 Å². The molecule has 0 spiro atoms. The van der Waals surface area contributed by atoms with Crippen molar-refractivity contribution in [2.24, 2.45) is 5.73 Å². The predicted molar refractivity (Wildman–Crippen MR) is 51.9 cm³/mol. The van der Waals surface area contributed by atoms with Crippen molar-refractivity contribution in [2.45, 2.75) is 12.8 Å². The molecule has 0 radical (unpaired) electrons. The highest BCUT2D eigenvalue weighted by Crippen LogP contribution is 2.27. The van der Waals surface area contributed by atoms with Gasteiger partial charge in [0.25, 0.3) is 0 Å². The Balaban J connectivity index is 2.68. The number of allylic oxidation sites excluding steroid dienone is 4. The average molecular weight is 178 g/mol. The summed E-state index contributed by atoms with van der Waals surface area (Å²) in [7, 11) is 0. The zero-order chi connectivity index (χ0) is 8.97. The van der Waals surface area contributed by atoms with Crippen LogP contribution >= 0.6 is 11.8 Å². The summed E-state index contributed by atoms with van der Waals surface area (Å²) in [6.45, 7) is 3.66. The van der Waals surface area contributed by atoms with Crippen LogP contribution in [-0.4, -0.2) is 0 Å².